The van der Waals surface area contributed by atoms with Gasteiger partial charge >= 0.3 is 0 Å². The molecule has 5 aliphatic rings. The second-order valence-electron chi connectivity index (χ2n) is 14.9. The smallest absolute Gasteiger partial charge is 0.0324 e. The fourth-order valence-electron chi connectivity index (χ4n) is 11.2. The fraction of sp³-hybridized carbons (Fsp3) is 1.00. The van der Waals surface area contributed by atoms with Gasteiger partial charge in [-0.25, -0.2) is 0 Å². The molecule has 0 heterocycles. The lowest BCUT2D eigenvalue weighted by Gasteiger charge is -2.53. The topological polar surface area (TPSA) is 0 Å². The molecule has 208 valence electrons. The van der Waals surface area contributed by atoms with Crippen LogP contribution in [0.15, 0.2) is 0 Å². The Labute approximate surface area is 226 Å². The minimum absolute atomic E-state index is 1.04. The summed E-state index contributed by atoms with van der Waals surface area (Å²) in [7, 11) is 0. The molecule has 0 aromatic heterocycles. The lowest BCUT2D eigenvalue weighted by Crippen LogP contribution is -2.47. The Hall–Kier alpha value is 0. The summed E-state index contributed by atoms with van der Waals surface area (Å²) < 4.78 is 0. The lowest BCUT2D eigenvalue weighted by molar-refractivity contribution is -0.0482. The Morgan fingerprint density at radius 3 is 1.14 bits per heavy atom. The van der Waals surface area contributed by atoms with Crippen LogP contribution < -0.4 is 0 Å². The maximum atomic E-state index is 2.72. The molecule has 0 aromatic rings. The van der Waals surface area contributed by atoms with Gasteiger partial charge in [0, 0.05) is 0 Å². The predicted molar refractivity (Wildman–Crippen MR) is 157 cm³/mol. The molecule has 5 rings (SSSR count). The summed E-state index contributed by atoms with van der Waals surface area (Å²) in [6.45, 7) is 2.72. The molecule has 0 nitrogen and oxygen atoms in total. The van der Waals surface area contributed by atoms with Crippen LogP contribution in [0.4, 0.5) is 0 Å². The van der Waals surface area contributed by atoms with E-state index in [0.717, 1.165) is 53.3 Å². The van der Waals surface area contributed by atoms with Gasteiger partial charge in [0.15, 0.2) is 0 Å². The van der Waals surface area contributed by atoms with Crippen LogP contribution in [0.5, 0.6) is 0 Å². The molecule has 0 aromatic carbocycles. The molecule has 0 saturated heterocycles. The third kappa shape index (κ3) is 6.95. The summed E-state index contributed by atoms with van der Waals surface area (Å²) >= 11 is 0. The quantitative estimate of drug-likeness (QED) is 0.356. The first-order chi connectivity index (χ1) is 17.8. The highest BCUT2D eigenvalue weighted by Crippen LogP contribution is 2.59. The fourth-order valence-corrected chi connectivity index (χ4v) is 11.2. The van der Waals surface area contributed by atoms with Crippen molar-refractivity contribution in [2.24, 2.45) is 53.3 Å². The van der Waals surface area contributed by atoms with Crippen LogP contribution in [0, 0.1) is 53.3 Å². The van der Waals surface area contributed by atoms with Gasteiger partial charge in [0.1, 0.15) is 0 Å². The van der Waals surface area contributed by atoms with E-state index in [-0.39, 0.29) is 0 Å². The molecule has 0 N–H and O–H groups in total. The first-order valence-electron chi connectivity index (χ1n) is 17.8. The first kappa shape index (κ1) is 27.6. The zero-order valence-corrected chi connectivity index (χ0v) is 24.6. The molecule has 6 atom stereocenters. The molecule has 36 heavy (non-hydrogen) atoms. The second-order valence-corrected chi connectivity index (χ2v) is 14.9. The summed E-state index contributed by atoms with van der Waals surface area (Å²) in [5.41, 5.74) is 0. The Kier molecular flexibility index (Phi) is 11.0. The van der Waals surface area contributed by atoms with E-state index in [1.807, 2.05) is 0 Å². The second kappa shape index (κ2) is 14.4. The van der Waals surface area contributed by atoms with Crippen molar-refractivity contribution in [2.45, 2.75) is 174 Å². The van der Waals surface area contributed by atoms with E-state index >= 15 is 0 Å². The van der Waals surface area contributed by atoms with Crippen molar-refractivity contribution >= 4 is 0 Å². The van der Waals surface area contributed by atoms with Gasteiger partial charge in [0.25, 0.3) is 0 Å². The maximum Gasteiger partial charge on any atom is -0.0324 e. The molecule has 0 spiro atoms. The molecule has 0 aliphatic heterocycles. The van der Waals surface area contributed by atoms with Crippen molar-refractivity contribution in [3.05, 3.63) is 0 Å². The normalized spacial score (nSPS) is 42.9. The van der Waals surface area contributed by atoms with Crippen LogP contribution in [-0.4, -0.2) is 0 Å². The van der Waals surface area contributed by atoms with Crippen molar-refractivity contribution in [3.8, 4) is 0 Å². The molecule has 6 unspecified atom stereocenters. The summed E-state index contributed by atoms with van der Waals surface area (Å²) in [5.74, 6) is 9.83. The summed E-state index contributed by atoms with van der Waals surface area (Å²) in [4.78, 5) is 0. The minimum atomic E-state index is 1.04. The third-order valence-electron chi connectivity index (χ3n) is 13.0. The van der Waals surface area contributed by atoms with Crippen molar-refractivity contribution in [1.29, 1.82) is 0 Å². The van der Waals surface area contributed by atoms with Crippen molar-refractivity contribution in [1.82, 2.24) is 0 Å². The molecular weight excluding hydrogens is 432 g/mol. The molecule has 0 heteroatoms. The Bertz CT molecular complexity index is 585. The van der Waals surface area contributed by atoms with Crippen molar-refractivity contribution in [3.63, 3.8) is 0 Å². The maximum absolute atomic E-state index is 2.72. The van der Waals surface area contributed by atoms with Crippen LogP contribution in [0.3, 0.4) is 0 Å². The lowest BCUT2D eigenvalue weighted by atomic mass is 9.52. The van der Waals surface area contributed by atoms with Crippen molar-refractivity contribution < 1.29 is 0 Å². The number of hydrogen-bond acceptors (Lipinski definition) is 0. The number of hydrogen-bond donors (Lipinski definition) is 0. The minimum Gasteiger partial charge on any atom is -0.0620 e. The highest BCUT2D eigenvalue weighted by molar-refractivity contribution is 5.01. The van der Waals surface area contributed by atoms with Crippen LogP contribution in [0.2, 0.25) is 0 Å². The van der Waals surface area contributed by atoms with E-state index in [1.54, 1.807) is 96.3 Å². The van der Waals surface area contributed by atoms with E-state index in [2.05, 4.69) is 6.92 Å². The van der Waals surface area contributed by atoms with Gasteiger partial charge in [-0.2, -0.15) is 0 Å². The van der Waals surface area contributed by atoms with E-state index in [1.165, 1.54) is 70.6 Å². The monoisotopic (exact) mass is 497 g/mol. The van der Waals surface area contributed by atoms with Gasteiger partial charge in [-0.1, -0.05) is 122 Å². The van der Waals surface area contributed by atoms with Crippen LogP contribution in [0.25, 0.3) is 0 Å². The van der Waals surface area contributed by atoms with Crippen LogP contribution in [-0.2, 0) is 0 Å². The molecule has 0 amide bonds. The zero-order chi connectivity index (χ0) is 24.6. The van der Waals surface area contributed by atoms with Crippen LogP contribution in [0.1, 0.15) is 174 Å². The van der Waals surface area contributed by atoms with E-state index in [0.29, 0.717) is 0 Å². The molecule has 0 bridgehead atoms. The Morgan fingerprint density at radius 2 is 0.611 bits per heavy atom. The average molecular weight is 497 g/mol. The first-order valence-corrected chi connectivity index (χ1v) is 17.8. The Balaban J connectivity index is 1.22. The van der Waals surface area contributed by atoms with Gasteiger partial charge in [-0.3, -0.25) is 0 Å². The van der Waals surface area contributed by atoms with E-state index in [4.69, 9.17) is 0 Å². The van der Waals surface area contributed by atoms with Gasteiger partial charge in [-0.15, -0.1) is 0 Å². The zero-order valence-electron chi connectivity index (χ0n) is 24.6. The average Bonchev–Trinajstić information content (AvgIpc) is 3.42. The predicted octanol–water partition coefficient (Wildman–Crippen LogP) is 11.8. The van der Waals surface area contributed by atoms with Gasteiger partial charge in [-0.05, 0) is 105 Å². The molecular formula is C36H64. The standard InChI is InChI=1S/C36H64/c1-28-32-20-15-11-8-12-16-21-34(32)36(35-23-17-22-33(28)35)31-26-24-30(25-27-31)29-18-13-9-6-4-2-3-5-7-10-14-19-29/h28-36H,2-27H2,1H3. The Morgan fingerprint density at radius 1 is 0.278 bits per heavy atom. The summed E-state index contributed by atoms with van der Waals surface area (Å²) in [6.07, 6.45) is 40.4. The summed E-state index contributed by atoms with van der Waals surface area (Å²) in [6, 6.07) is 0. The van der Waals surface area contributed by atoms with Gasteiger partial charge in [0.05, 0.1) is 0 Å². The van der Waals surface area contributed by atoms with Crippen molar-refractivity contribution in [2.75, 3.05) is 0 Å². The molecule has 0 radical (unpaired) electrons. The third-order valence-corrected chi connectivity index (χ3v) is 13.0. The highest BCUT2D eigenvalue weighted by Gasteiger charge is 2.52. The van der Waals surface area contributed by atoms with Gasteiger partial charge < -0.3 is 0 Å². The number of fused-ring (bicyclic) bond motifs is 2. The highest BCUT2D eigenvalue weighted by atomic mass is 14.6. The summed E-state index contributed by atoms with van der Waals surface area (Å²) in [5, 5.41) is 0. The molecule has 5 aliphatic carbocycles. The SMILES string of the molecule is CC1C2CCCCCCCC2C(C2CCC(C3CCCCCCCCCCCC3)CC2)C2CCCC12. The van der Waals surface area contributed by atoms with Crippen LogP contribution >= 0.6 is 0 Å². The number of rotatable bonds is 2. The largest absolute Gasteiger partial charge is 0.0620 e. The molecule has 5 saturated carbocycles. The van der Waals surface area contributed by atoms with E-state index < -0.39 is 0 Å². The molecule has 5 fully saturated rings. The van der Waals surface area contributed by atoms with E-state index in [9.17, 15) is 0 Å². The van der Waals surface area contributed by atoms with Gasteiger partial charge in [0.2, 0.25) is 0 Å².